The van der Waals surface area contributed by atoms with Crippen LogP contribution in [-0.4, -0.2) is 5.91 Å². The van der Waals surface area contributed by atoms with Crippen LogP contribution in [0.1, 0.15) is 10.4 Å². The third kappa shape index (κ3) is 2.75. The van der Waals surface area contributed by atoms with Crippen LogP contribution in [0.5, 0.6) is 0 Å². The van der Waals surface area contributed by atoms with Gasteiger partial charge in [0.05, 0.1) is 5.56 Å². The number of benzene rings is 2. The van der Waals surface area contributed by atoms with Gasteiger partial charge in [-0.2, -0.15) is 0 Å². The lowest BCUT2D eigenvalue weighted by molar-refractivity contribution is 0.100. The maximum atomic E-state index is 11.2. The summed E-state index contributed by atoms with van der Waals surface area (Å²) in [5, 5.41) is 0. The van der Waals surface area contributed by atoms with Crippen LogP contribution in [0.3, 0.4) is 0 Å². The first kappa shape index (κ1) is 12.3. The van der Waals surface area contributed by atoms with Crippen molar-refractivity contribution in [1.29, 1.82) is 0 Å². The molecule has 0 saturated carbocycles. The second-order valence-electron chi connectivity index (χ2n) is 3.79. The molecule has 0 saturated heterocycles. The molecule has 0 aliphatic heterocycles. The summed E-state index contributed by atoms with van der Waals surface area (Å²) in [6.45, 7) is 0. The highest BCUT2D eigenvalue weighted by Gasteiger charge is 2.07. The van der Waals surface area contributed by atoms with Crippen LogP contribution in [0.2, 0.25) is 0 Å². The van der Waals surface area contributed by atoms with Gasteiger partial charge < -0.3 is 17.2 Å². The largest absolute Gasteiger partial charge is 0.399 e. The van der Waals surface area contributed by atoms with E-state index in [1.807, 2.05) is 30.3 Å². The Morgan fingerprint density at radius 3 is 2.39 bits per heavy atom. The van der Waals surface area contributed by atoms with Crippen molar-refractivity contribution in [2.75, 3.05) is 11.5 Å². The van der Waals surface area contributed by atoms with Gasteiger partial charge in [-0.15, -0.1) is 0 Å². The van der Waals surface area contributed by atoms with Crippen molar-refractivity contribution in [3.05, 3.63) is 48.0 Å². The van der Waals surface area contributed by atoms with E-state index in [9.17, 15) is 4.79 Å². The zero-order chi connectivity index (χ0) is 13.1. The lowest BCUT2D eigenvalue weighted by Crippen LogP contribution is -2.13. The van der Waals surface area contributed by atoms with Gasteiger partial charge in [0.2, 0.25) is 0 Å². The lowest BCUT2D eigenvalue weighted by Gasteiger charge is -2.06. The lowest BCUT2D eigenvalue weighted by atomic mass is 10.2. The van der Waals surface area contributed by atoms with Crippen LogP contribution in [0.25, 0.3) is 0 Å². The van der Waals surface area contributed by atoms with Gasteiger partial charge in [0, 0.05) is 21.2 Å². The highest BCUT2D eigenvalue weighted by molar-refractivity contribution is 7.99. The molecule has 2 rings (SSSR count). The second kappa shape index (κ2) is 5.01. The number of primary amides is 1. The predicted molar refractivity (Wildman–Crippen MR) is 74.3 cm³/mol. The number of carbonyl (C=O) groups is 1. The van der Waals surface area contributed by atoms with E-state index in [0.717, 1.165) is 9.79 Å². The summed E-state index contributed by atoms with van der Waals surface area (Å²) in [7, 11) is 0. The summed E-state index contributed by atoms with van der Waals surface area (Å²) >= 11 is 1.50. The van der Waals surface area contributed by atoms with E-state index in [-0.39, 0.29) is 0 Å². The number of nitrogens with two attached hydrogens (primary N) is 3. The van der Waals surface area contributed by atoms with Crippen molar-refractivity contribution in [2.24, 2.45) is 5.73 Å². The summed E-state index contributed by atoms with van der Waals surface area (Å²) in [4.78, 5) is 13.1. The Bertz CT molecular complexity index is 599. The third-order valence-electron chi connectivity index (χ3n) is 2.38. The molecule has 0 aliphatic carbocycles. The number of nitrogen functional groups attached to an aromatic ring is 2. The van der Waals surface area contributed by atoms with Crippen LogP contribution in [0.4, 0.5) is 11.4 Å². The molecule has 6 N–H and O–H groups in total. The smallest absolute Gasteiger partial charge is 0.250 e. The van der Waals surface area contributed by atoms with Gasteiger partial charge in [-0.25, -0.2) is 0 Å². The van der Waals surface area contributed by atoms with E-state index in [4.69, 9.17) is 17.2 Å². The van der Waals surface area contributed by atoms with Crippen molar-refractivity contribution in [3.63, 3.8) is 0 Å². The summed E-state index contributed by atoms with van der Waals surface area (Å²) in [5.41, 5.74) is 18.1. The van der Waals surface area contributed by atoms with Crippen LogP contribution in [-0.2, 0) is 0 Å². The molecule has 0 unspecified atom stereocenters. The minimum atomic E-state index is -0.525. The van der Waals surface area contributed by atoms with Crippen LogP contribution >= 0.6 is 11.8 Å². The van der Waals surface area contributed by atoms with Crippen molar-refractivity contribution in [1.82, 2.24) is 0 Å². The first-order valence-electron chi connectivity index (χ1n) is 5.29. The van der Waals surface area contributed by atoms with E-state index >= 15 is 0 Å². The molecule has 18 heavy (non-hydrogen) atoms. The molecule has 2 aromatic carbocycles. The molecule has 0 bridgehead atoms. The maximum Gasteiger partial charge on any atom is 0.250 e. The van der Waals surface area contributed by atoms with Crippen molar-refractivity contribution in [2.45, 2.75) is 9.79 Å². The Morgan fingerprint density at radius 2 is 1.72 bits per heavy atom. The molecule has 2 aromatic rings. The van der Waals surface area contributed by atoms with E-state index in [0.29, 0.717) is 16.9 Å². The zero-order valence-corrected chi connectivity index (χ0v) is 10.4. The number of hydrogen-bond acceptors (Lipinski definition) is 4. The Labute approximate surface area is 109 Å². The first-order valence-corrected chi connectivity index (χ1v) is 6.10. The number of rotatable bonds is 3. The molecule has 1 amide bonds. The molecule has 5 heteroatoms. The highest BCUT2D eigenvalue weighted by atomic mass is 32.2. The number of anilines is 2. The highest BCUT2D eigenvalue weighted by Crippen LogP contribution is 2.30. The number of amides is 1. The average molecular weight is 259 g/mol. The Kier molecular flexibility index (Phi) is 3.43. The second-order valence-corrected chi connectivity index (χ2v) is 4.93. The van der Waals surface area contributed by atoms with Gasteiger partial charge in [-0.1, -0.05) is 17.8 Å². The zero-order valence-electron chi connectivity index (χ0n) is 9.59. The van der Waals surface area contributed by atoms with E-state index in [1.165, 1.54) is 11.8 Å². The number of carbonyl (C=O) groups excluding carboxylic acids is 1. The first-order chi connectivity index (χ1) is 8.56. The monoisotopic (exact) mass is 259 g/mol. The molecule has 0 spiro atoms. The molecule has 0 atom stereocenters. The fraction of sp³-hybridized carbons (Fsp3) is 0. The van der Waals surface area contributed by atoms with Gasteiger partial charge in [-0.3, -0.25) is 4.79 Å². The van der Waals surface area contributed by atoms with Crippen LogP contribution in [0.15, 0.2) is 52.3 Å². The van der Waals surface area contributed by atoms with Gasteiger partial charge in [0.15, 0.2) is 0 Å². The fourth-order valence-electron chi connectivity index (χ4n) is 1.53. The summed E-state index contributed by atoms with van der Waals surface area (Å²) in [5.74, 6) is -0.525. The van der Waals surface area contributed by atoms with Crippen LogP contribution in [0, 0.1) is 0 Å². The Hall–Kier alpha value is -2.14. The van der Waals surface area contributed by atoms with Crippen molar-refractivity contribution in [3.8, 4) is 0 Å². The molecule has 4 nitrogen and oxygen atoms in total. The van der Waals surface area contributed by atoms with E-state index in [2.05, 4.69) is 0 Å². The van der Waals surface area contributed by atoms with Crippen molar-refractivity contribution >= 4 is 29.0 Å². The van der Waals surface area contributed by atoms with Gasteiger partial charge in [0.1, 0.15) is 0 Å². The van der Waals surface area contributed by atoms with E-state index in [1.54, 1.807) is 12.1 Å². The molecule has 0 heterocycles. The SMILES string of the molecule is NC(=O)c1cc(Sc2cccc(N)c2)ccc1N. The third-order valence-corrected chi connectivity index (χ3v) is 3.36. The Balaban J connectivity index is 2.30. The van der Waals surface area contributed by atoms with Crippen LogP contribution < -0.4 is 17.2 Å². The fourth-order valence-corrected chi connectivity index (χ4v) is 2.45. The van der Waals surface area contributed by atoms with Crippen molar-refractivity contribution < 1.29 is 4.79 Å². The normalized spacial score (nSPS) is 10.2. The molecule has 0 radical (unpaired) electrons. The quantitative estimate of drug-likeness (QED) is 0.735. The minimum Gasteiger partial charge on any atom is -0.399 e. The predicted octanol–water partition coefficient (Wildman–Crippen LogP) is 2.10. The Morgan fingerprint density at radius 1 is 1.00 bits per heavy atom. The standard InChI is InChI=1S/C13H13N3OS/c14-8-2-1-3-9(6-8)18-10-4-5-12(15)11(7-10)13(16)17/h1-7H,14-15H2,(H2,16,17). The molecule has 0 aromatic heterocycles. The molecule has 0 aliphatic rings. The summed E-state index contributed by atoms with van der Waals surface area (Å²) in [6, 6.07) is 12.7. The van der Waals surface area contributed by atoms with E-state index < -0.39 is 5.91 Å². The molecule has 92 valence electrons. The maximum absolute atomic E-state index is 11.2. The van der Waals surface area contributed by atoms with Gasteiger partial charge in [-0.05, 0) is 36.4 Å². The minimum absolute atomic E-state index is 0.337. The van der Waals surface area contributed by atoms with Gasteiger partial charge in [0.25, 0.3) is 5.91 Å². The number of hydrogen-bond donors (Lipinski definition) is 3. The average Bonchev–Trinajstić information content (AvgIpc) is 2.31. The summed E-state index contributed by atoms with van der Waals surface area (Å²) in [6.07, 6.45) is 0. The molecular weight excluding hydrogens is 246 g/mol. The molecule has 0 fully saturated rings. The molecular formula is C13H13N3OS. The summed E-state index contributed by atoms with van der Waals surface area (Å²) < 4.78 is 0. The van der Waals surface area contributed by atoms with Gasteiger partial charge >= 0.3 is 0 Å². The topological polar surface area (TPSA) is 95.1 Å².